The Bertz CT molecular complexity index is 552. The minimum Gasteiger partial charge on any atom is -0.365 e. The Morgan fingerprint density at radius 1 is 1.16 bits per heavy atom. The Morgan fingerprint density at radius 3 is 2.53 bits per heavy atom. The molecule has 3 heteroatoms. The average molecular weight is 254 g/mol. The van der Waals surface area contributed by atoms with Gasteiger partial charge in [-0.2, -0.15) is 0 Å². The number of para-hydroxylation sites is 1. The highest BCUT2D eigenvalue weighted by Gasteiger charge is 2.12. The number of carbonyl (C=O) groups excluding carboxylic acids is 1. The molecule has 0 atom stereocenters. The van der Waals surface area contributed by atoms with Crippen LogP contribution in [0.25, 0.3) is 0 Å². The van der Waals surface area contributed by atoms with E-state index in [0.717, 1.165) is 23.5 Å². The van der Waals surface area contributed by atoms with Crippen LogP contribution < -0.4 is 4.90 Å². The van der Waals surface area contributed by atoms with Crippen LogP contribution in [0.4, 0.5) is 5.69 Å². The van der Waals surface area contributed by atoms with Gasteiger partial charge in [0.2, 0.25) is 0 Å². The van der Waals surface area contributed by atoms with Crippen molar-refractivity contribution in [3.05, 3.63) is 59.9 Å². The predicted molar refractivity (Wildman–Crippen MR) is 77.4 cm³/mol. The summed E-state index contributed by atoms with van der Waals surface area (Å²) in [5.74, 6) is 0.0927. The van der Waals surface area contributed by atoms with Gasteiger partial charge in [0.25, 0.3) is 0 Å². The molecule has 0 bridgehead atoms. The molecule has 0 N–H and O–H groups in total. The molecule has 19 heavy (non-hydrogen) atoms. The fraction of sp³-hybridized carbons (Fsp3) is 0.250. The number of ketones is 1. The number of Topliss-reactive ketones (excluding diaryl/α,β-unsaturated/α-hetero) is 1. The first-order chi connectivity index (χ1) is 9.22. The van der Waals surface area contributed by atoms with E-state index in [0.29, 0.717) is 6.54 Å². The summed E-state index contributed by atoms with van der Waals surface area (Å²) in [4.78, 5) is 18.2. The number of anilines is 1. The van der Waals surface area contributed by atoms with Crippen LogP contribution in [0.2, 0.25) is 0 Å². The smallest absolute Gasteiger partial charge is 0.161 e. The summed E-state index contributed by atoms with van der Waals surface area (Å²) in [6.07, 6.45) is 1.79. The first-order valence-corrected chi connectivity index (χ1v) is 6.47. The zero-order chi connectivity index (χ0) is 13.7. The minimum absolute atomic E-state index is 0.0927. The largest absolute Gasteiger partial charge is 0.365 e. The van der Waals surface area contributed by atoms with Gasteiger partial charge in [-0.15, -0.1) is 0 Å². The Balaban J connectivity index is 2.30. The van der Waals surface area contributed by atoms with Gasteiger partial charge in [0.05, 0.1) is 12.2 Å². The van der Waals surface area contributed by atoms with Crippen LogP contribution in [-0.2, 0) is 6.54 Å². The van der Waals surface area contributed by atoms with E-state index in [-0.39, 0.29) is 5.78 Å². The van der Waals surface area contributed by atoms with Crippen LogP contribution >= 0.6 is 0 Å². The molecule has 0 aliphatic rings. The molecule has 0 unspecified atom stereocenters. The molecular weight excluding hydrogens is 236 g/mol. The standard InChI is InChI=1S/C16H18N2O/c1-3-18(12-14-8-6-7-11-17-14)16-10-5-4-9-15(16)13(2)19/h4-11H,3,12H2,1-2H3. The van der Waals surface area contributed by atoms with Crippen molar-refractivity contribution < 1.29 is 4.79 Å². The quantitative estimate of drug-likeness (QED) is 0.767. The van der Waals surface area contributed by atoms with E-state index in [1.54, 1.807) is 13.1 Å². The lowest BCUT2D eigenvalue weighted by molar-refractivity contribution is 0.101. The number of nitrogens with zero attached hydrogens (tertiary/aromatic N) is 2. The Kier molecular flexibility index (Phi) is 4.29. The molecule has 0 aliphatic carbocycles. The number of hydrogen-bond acceptors (Lipinski definition) is 3. The fourth-order valence-corrected chi connectivity index (χ4v) is 2.10. The topological polar surface area (TPSA) is 33.2 Å². The third kappa shape index (κ3) is 3.19. The van der Waals surface area contributed by atoms with Crippen molar-refractivity contribution in [2.75, 3.05) is 11.4 Å². The molecule has 0 saturated carbocycles. The molecule has 1 heterocycles. The van der Waals surface area contributed by atoms with E-state index in [4.69, 9.17) is 0 Å². The Morgan fingerprint density at radius 2 is 1.89 bits per heavy atom. The molecule has 0 fully saturated rings. The van der Waals surface area contributed by atoms with Crippen molar-refractivity contribution in [2.24, 2.45) is 0 Å². The summed E-state index contributed by atoms with van der Waals surface area (Å²) < 4.78 is 0. The van der Waals surface area contributed by atoms with Crippen LogP contribution in [0.1, 0.15) is 29.9 Å². The van der Waals surface area contributed by atoms with Gasteiger partial charge in [0.15, 0.2) is 5.78 Å². The summed E-state index contributed by atoms with van der Waals surface area (Å²) in [5, 5.41) is 0. The van der Waals surface area contributed by atoms with Gasteiger partial charge in [-0.25, -0.2) is 0 Å². The van der Waals surface area contributed by atoms with Crippen LogP contribution in [-0.4, -0.2) is 17.3 Å². The number of pyridine rings is 1. The zero-order valence-electron chi connectivity index (χ0n) is 11.3. The minimum atomic E-state index is 0.0927. The monoisotopic (exact) mass is 254 g/mol. The first kappa shape index (κ1) is 13.3. The van der Waals surface area contributed by atoms with Crippen molar-refractivity contribution in [3.8, 4) is 0 Å². The van der Waals surface area contributed by atoms with Crippen LogP contribution in [0.5, 0.6) is 0 Å². The highest BCUT2D eigenvalue weighted by Crippen LogP contribution is 2.22. The Hall–Kier alpha value is -2.16. The average Bonchev–Trinajstić information content (AvgIpc) is 2.46. The van der Waals surface area contributed by atoms with E-state index in [1.165, 1.54) is 0 Å². The van der Waals surface area contributed by atoms with Crippen LogP contribution in [0.15, 0.2) is 48.7 Å². The summed E-state index contributed by atoms with van der Waals surface area (Å²) in [6.45, 7) is 5.23. The predicted octanol–water partition coefficient (Wildman–Crippen LogP) is 3.31. The third-order valence-corrected chi connectivity index (χ3v) is 3.08. The number of carbonyl (C=O) groups is 1. The second-order valence-corrected chi connectivity index (χ2v) is 4.41. The van der Waals surface area contributed by atoms with E-state index in [1.807, 2.05) is 42.5 Å². The second kappa shape index (κ2) is 6.14. The molecule has 0 amide bonds. The zero-order valence-corrected chi connectivity index (χ0v) is 11.3. The SMILES string of the molecule is CCN(Cc1ccccn1)c1ccccc1C(C)=O. The van der Waals surface area contributed by atoms with Crippen LogP contribution in [0, 0.1) is 0 Å². The molecule has 2 rings (SSSR count). The van der Waals surface area contributed by atoms with Gasteiger partial charge in [-0.1, -0.05) is 18.2 Å². The highest BCUT2D eigenvalue weighted by molar-refractivity contribution is 5.99. The van der Waals surface area contributed by atoms with E-state index >= 15 is 0 Å². The van der Waals surface area contributed by atoms with Crippen molar-refractivity contribution >= 4 is 11.5 Å². The molecule has 1 aromatic heterocycles. The van der Waals surface area contributed by atoms with E-state index in [9.17, 15) is 4.79 Å². The fourth-order valence-electron chi connectivity index (χ4n) is 2.10. The van der Waals surface area contributed by atoms with Crippen LogP contribution in [0.3, 0.4) is 0 Å². The molecule has 2 aromatic rings. The lowest BCUT2D eigenvalue weighted by Crippen LogP contribution is -2.24. The van der Waals surface area contributed by atoms with Gasteiger partial charge >= 0.3 is 0 Å². The number of hydrogen-bond donors (Lipinski definition) is 0. The number of benzene rings is 1. The highest BCUT2D eigenvalue weighted by atomic mass is 16.1. The molecule has 0 aliphatic heterocycles. The summed E-state index contributed by atoms with van der Waals surface area (Å²) in [7, 11) is 0. The lowest BCUT2D eigenvalue weighted by atomic mass is 10.1. The first-order valence-electron chi connectivity index (χ1n) is 6.47. The maximum absolute atomic E-state index is 11.7. The van der Waals surface area contributed by atoms with Crippen molar-refractivity contribution in [1.29, 1.82) is 0 Å². The molecule has 98 valence electrons. The molecule has 1 aromatic carbocycles. The number of aromatic nitrogens is 1. The van der Waals surface area contributed by atoms with Gasteiger partial charge in [0.1, 0.15) is 0 Å². The van der Waals surface area contributed by atoms with Gasteiger partial charge in [-0.3, -0.25) is 9.78 Å². The molecule has 0 spiro atoms. The van der Waals surface area contributed by atoms with E-state index in [2.05, 4.69) is 16.8 Å². The van der Waals surface area contributed by atoms with Crippen molar-refractivity contribution in [3.63, 3.8) is 0 Å². The molecular formula is C16H18N2O. The van der Waals surface area contributed by atoms with Gasteiger partial charge in [0, 0.05) is 24.0 Å². The summed E-state index contributed by atoms with van der Waals surface area (Å²) >= 11 is 0. The van der Waals surface area contributed by atoms with Gasteiger partial charge in [-0.05, 0) is 38.1 Å². The maximum atomic E-state index is 11.7. The summed E-state index contributed by atoms with van der Waals surface area (Å²) in [5.41, 5.74) is 2.74. The molecule has 0 radical (unpaired) electrons. The normalized spacial score (nSPS) is 10.2. The Labute approximate surface area is 113 Å². The van der Waals surface area contributed by atoms with Crippen molar-refractivity contribution in [2.45, 2.75) is 20.4 Å². The third-order valence-electron chi connectivity index (χ3n) is 3.08. The van der Waals surface area contributed by atoms with Gasteiger partial charge < -0.3 is 4.90 Å². The molecule has 3 nitrogen and oxygen atoms in total. The number of rotatable bonds is 5. The lowest BCUT2D eigenvalue weighted by Gasteiger charge is -2.24. The second-order valence-electron chi connectivity index (χ2n) is 4.41. The molecule has 0 saturated heterocycles. The van der Waals surface area contributed by atoms with Crippen molar-refractivity contribution in [1.82, 2.24) is 4.98 Å². The van der Waals surface area contributed by atoms with E-state index < -0.39 is 0 Å². The summed E-state index contributed by atoms with van der Waals surface area (Å²) in [6, 6.07) is 13.6. The maximum Gasteiger partial charge on any atom is 0.161 e.